The molecule has 2 aromatic rings. The molecule has 0 aliphatic carbocycles. The highest BCUT2D eigenvalue weighted by molar-refractivity contribution is 5.81. The van der Waals surface area contributed by atoms with Crippen LogP contribution in [0.2, 0.25) is 0 Å². The number of alkyl halides is 1. The van der Waals surface area contributed by atoms with Crippen molar-refractivity contribution in [2.75, 3.05) is 33.0 Å². The van der Waals surface area contributed by atoms with Crippen molar-refractivity contribution in [1.29, 1.82) is 0 Å². The van der Waals surface area contributed by atoms with Crippen molar-refractivity contribution in [3.63, 3.8) is 0 Å². The molecule has 40 heavy (non-hydrogen) atoms. The zero-order valence-electron chi connectivity index (χ0n) is 22.6. The third-order valence-corrected chi connectivity index (χ3v) is 5.49. The predicted molar refractivity (Wildman–Crippen MR) is 144 cm³/mol. The fourth-order valence-corrected chi connectivity index (χ4v) is 3.49. The van der Waals surface area contributed by atoms with E-state index in [1.54, 1.807) is 12.1 Å². The average molecular weight is 565 g/mol. The number of carbonyl (C=O) groups is 2. The summed E-state index contributed by atoms with van der Waals surface area (Å²) in [4.78, 5) is 22.4. The smallest absolute Gasteiger partial charge is 0.330 e. The van der Waals surface area contributed by atoms with Gasteiger partial charge in [0.1, 0.15) is 35.6 Å². The van der Waals surface area contributed by atoms with Crippen LogP contribution < -0.4 is 14.2 Å². The monoisotopic (exact) mass is 564 g/mol. The van der Waals surface area contributed by atoms with Gasteiger partial charge in [0.2, 0.25) is 0 Å². The number of benzene rings is 2. The molecule has 0 saturated carbocycles. The van der Waals surface area contributed by atoms with E-state index in [2.05, 4.69) is 13.2 Å². The molecule has 0 unspecified atom stereocenters. The number of unbranched alkanes of at least 4 members (excludes halogenated alkanes) is 2. The number of esters is 2. The Morgan fingerprint density at radius 3 is 1.65 bits per heavy atom. The SMILES string of the molecule is C=CC(=O)OCCCCOc1cc(OCCC)cc(OCCCCOC(=O)C=C)c1-c1cc(F)c(CF)c(F)c1. The lowest BCUT2D eigenvalue weighted by molar-refractivity contribution is -0.138. The summed E-state index contributed by atoms with van der Waals surface area (Å²) >= 11 is 0. The molecule has 0 spiro atoms. The average Bonchev–Trinajstić information content (AvgIpc) is 2.94. The van der Waals surface area contributed by atoms with Crippen molar-refractivity contribution in [3.05, 3.63) is 66.8 Å². The van der Waals surface area contributed by atoms with Gasteiger partial charge in [-0.3, -0.25) is 0 Å². The minimum absolute atomic E-state index is 0.0964. The number of hydrogen-bond acceptors (Lipinski definition) is 7. The molecule has 0 radical (unpaired) electrons. The van der Waals surface area contributed by atoms with Gasteiger partial charge in [0.25, 0.3) is 0 Å². The zero-order chi connectivity index (χ0) is 29.3. The van der Waals surface area contributed by atoms with Gasteiger partial charge in [-0.25, -0.2) is 22.8 Å². The summed E-state index contributed by atoms with van der Waals surface area (Å²) in [7, 11) is 0. The quantitative estimate of drug-likeness (QED) is 0.107. The van der Waals surface area contributed by atoms with Crippen molar-refractivity contribution in [2.24, 2.45) is 0 Å². The minimum atomic E-state index is -1.29. The minimum Gasteiger partial charge on any atom is -0.493 e. The lowest BCUT2D eigenvalue weighted by atomic mass is 10.0. The zero-order valence-corrected chi connectivity index (χ0v) is 22.6. The number of hydrogen-bond donors (Lipinski definition) is 0. The van der Waals surface area contributed by atoms with Crippen LogP contribution in [-0.4, -0.2) is 45.0 Å². The summed E-state index contributed by atoms with van der Waals surface area (Å²) in [5.74, 6) is -2.19. The molecule has 0 fully saturated rings. The second kappa shape index (κ2) is 17.6. The molecule has 2 aromatic carbocycles. The van der Waals surface area contributed by atoms with Crippen LogP contribution in [-0.2, 0) is 25.7 Å². The predicted octanol–water partition coefficient (Wildman–Crippen LogP) is 6.67. The Morgan fingerprint density at radius 2 is 1.23 bits per heavy atom. The second-order valence-corrected chi connectivity index (χ2v) is 8.55. The molecule has 218 valence electrons. The normalized spacial score (nSPS) is 10.5. The first-order valence-corrected chi connectivity index (χ1v) is 13.0. The van der Waals surface area contributed by atoms with Crippen LogP contribution in [0.3, 0.4) is 0 Å². The number of halogens is 3. The van der Waals surface area contributed by atoms with Gasteiger partial charge in [0.05, 0.1) is 44.2 Å². The Labute approximate surface area is 232 Å². The van der Waals surface area contributed by atoms with Gasteiger partial charge in [0.15, 0.2) is 0 Å². The molecule has 0 N–H and O–H groups in total. The molecule has 0 aliphatic rings. The van der Waals surface area contributed by atoms with Gasteiger partial charge < -0.3 is 23.7 Å². The van der Waals surface area contributed by atoms with E-state index >= 15 is 0 Å². The highest BCUT2D eigenvalue weighted by atomic mass is 19.1. The molecule has 0 aromatic heterocycles. The van der Waals surface area contributed by atoms with Gasteiger partial charge in [-0.15, -0.1) is 0 Å². The van der Waals surface area contributed by atoms with Gasteiger partial charge >= 0.3 is 11.9 Å². The van der Waals surface area contributed by atoms with Crippen molar-refractivity contribution in [2.45, 2.75) is 45.7 Å². The maximum atomic E-state index is 14.6. The largest absolute Gasteiger partial charge is 0.493 e. The summed E-state index contributed by atoms with van der Waals surface area (Å²) in [6.45, 7) is 8.49. The van der Waals surface area contributed by atoms with E-state index in [0.29, 0.717) is 38.0 Å². The summed E-state index contributed by atoms with van der Waals surface area (Å²) in [5.41, 5.74) is -0.304. The summed E-state index contributed by atoms with van der Waals surface area (Å²) < 4.78 is 70.1. The highest BCUT2D eigenvalue weighted by Gasteiger charge is 2.21. The van der Waals surface area contributed by atoms with E-state index in [-0.39, 0.29) is 49.1 Å². The first-order valence-electron chi connectivity index (χ1n) is 13.0. The first-order chi connectivity index (χ1) is 19.3. The second-order valence-electron chi connectivity index (χ2n) is 8.55. The van der Waals surface area contributed by atoms with Crippen LogP contribution >= 0.6 is 0 Å². The van der Waals surface area contributed by atoms with Crippen molar-refractivity contribution < 1.29 is 46.4 Å². The van der Waals surface area contributed by atoms with Gasteiger partial charge in [0, 0.05) is 24.3 Å². The van der Waals surface area contributed by atoms with E-state index < -0.39 is 35.8 Å². The molecule has 10 heteroatoms. The van der Waals surface area contributed by atoms with Crippen LogP contribution in [0.4, 0.5) is 13.2 Å². The van der Waals surface area contributed by atoms with Crippen LogP contribution in [0.1, 0.15) is 44.6 Å². The van der Waals surface area contributed by atoms with E-state index in [1.165, 1.54) is 0 Å². The fourth-order valence-electron chi connectivity index (χ4n) is 3.49. The van der Waals surface area contributed by atoms with Crippen molar-refractivity contribution in [3.8, 4) is 28.4 Å². The van der Waals surface area contributed by atoms with Crippen LogP contribution in [0.15, 0.2) is 49.6 Å². The molecule has 7 nitrogen and oxygen atoms in total. The molecule has 0 atom stereocenters. The molecule has 0 amide bonds. The van der Waals surface area contributed by atoms with E-state index in [0.717, 1.165) is 30.7 Å². The topological polar surface area (TPSA) is 80.3 Å². The van der Waals surface area contributed by atoms with Gasteiger partial charge in [-0.05, 0) is 49.8 Å². The lowest BCUT2D eigenvalue weighted by Gasteiger charge is -2.19. The Kier molecular flexibility index (Phi) is 14.2. The molecule has 0 heterocycles. The Morgan fingerprint density at radius 1 is 0.750 bits per heavy atom. The third-order valence-electron chi connectivity index (χ3n) is 5.49. The van der Waals surface area contributed by atoms with Gasteiger partial charge in [-0.1, -0.05) is 20.1 Å². The molecule has 2 rings (SSSR count). The van der Waals surface area contributed by atoms with Crippen molar-refractivity contribution >= 4 is 11.9 Å². The van der Waals surface area contributed by atoms with Crippen LogP contribution in [0.5, 0.6) is 17.2 Å². The van der Waals surface area contributed by atoms with E-state index in [4.69, 9.17) is 23.7 Å². The number of carbonyl (C=O) groups excluding carboxylic acids is 2. The maximum absolute atomic E-state index is 14.6. The molecular formula is C30H35F3O7. The first kappa shape index (κ1) is 32.3. The Balaban J connectivity index is 2.33. The van der Waals surface area contributed by atoms with Crippen LogP contribution in [0.25, 0.3) is 11.1 Å². The number of rotatable bonds is 19. The van der Waals surface area contributed by atoms with Crippen molar-refractivity contribution in [1.82, 2.24) is 0 Å². The van der Waals surface area contributed by atoms with Gasteiger partial charge in [-0.2, -0.15) is 0 Å². The Hall–Kier alpha value is -3.95. The maximum Gasteiger partial charge on any atom is 0.330 e. The highest BCUT2D eigenvalue weighted by Crippen LogP contribution is 2.43. The third kappa shape index (κ3) is 10.3. The fraction of sp³-hybridized carbons (Fsp3) is 0.400. The van der Waals surface area contributed by atoms with E-state index in [1.807, 2.05) is 6.92 Å². The molecule has 0 aliphatic heterocycles. The van der Waals surface area contributed by atoms with E-state index in [9.17, 15) is 22.8 Å². The lowest BCUT2D eigenvalue weighted by Crippen LogP contribution is -2.07. The summed E-state index contributed by atoms with van der Waals surface area (Å²) in [6, 6.07) is 5.26. The summed E-state index contributed by atoms with van der Waals surface area (Å²) in [5, 5.41) is 0. The summed E-state index contributed by atoms with van der Waals surface area (Å²) in [6.07, 6.45) is 4.92. The molecular weight excluding hydrogens is 529 g/mol. The van der Waals surface area contributed by atoms with Crippen LogP contribution in [0, 0.1) is 11.6 Å². The Bertz CT molecular complexity index is 1070. The standard InChI is InChI=1S/C30H35F3O7/c1-4-11-36-22-18-26(37-12-7-9-14-39-28(34)5-2)30(21-16-24(32)23(20-31)25(33)17-21)27(19-22)38-13-8-10-15-40-29(35)6-3/h5-6,16-19H,2-4,7-15,20H2,1H3. The molecule has 0 bridgehead atoms. The molecule has 0 saturated heterocycles. The number of ether oxygens (including phenoxy) is 5.